The fraction of sp³-hybridized carbons (Fsp3) is 0.200. The normalized spacial score (nSPS) is 10.1. The van der Waals surface area contributed by atoms with Gasteiger partial charge in [-0.25, -0.2) is 0 Å². The Morgan fingerprint density at radius 3 is 2.77 bits per heavy atom. The summed E-state index contributed by atoms with van der Waals surface area (Å²) >= 11 is 3.17. The van der Waals surface area contributed by atoms with Crippen molar-refractivity contribution in [2.45, 2.75) is 0 Å². The van der Waals surface area contributed by atoms with Gasteiger partial charge in [0, 0.05) is 17.1 Å². The van der Waals surface area contributed by atoms with Crippen molar-refractivity contribution in [1.82, 2.24) is 10.5 Å². The highest BCUT2D eigenvalue weighted by Crippen LogP contribution is 2.33. The molecular formula is C15H15BrN2O4. The highest BCUT2D eigenvalue weighted by atomic mass is 79.9. The van der Waals surface area contributed by atoms with E-state index in [1.54, 1.807) is 38.5 Å². The van der Waals surface area contributed by atoms with Crippen LogP contribution < -0.4 is 14.8 Å². The summed E-state index contributed by atoms with van der Waals surface area (Å²) in [5, 5.41) is 6.42. The van der Waals surface area contributed by atoms with Gasteiger partial charge in [0.05, 0.1) is 19.8 Å². The van der Waals surface area contributed by atoms with E-state index in [4.69, 9.17) is 14.0 Å². The van der Waals surface area contributed by atoms with Crippen LogP contribution in [0.1, 0.15) is 10.5 Å². The van der Waals surface area contributed by atoms with E-state index in [1.807, 2.05) is 0 Å². The molecule has 0 bridgehead atoms. The molecule has 1 N–H and O–H groups in total. The van der Waals surface area contributed by atoms with Crippen LogP contribution in [0.15, 0.2) is 39.8 Å². The van der Waals surface area contributed by atoms with Crippen LogP contribution in [0.25, 0.3) is 11.3 Å². The van der Waals surface area contributed by atoms with Crippen molar-refractivity contribution in [2.24, 2.45) is 0 Å². The van der Waals surface area contributed by atoms with E-state index in [0.717, 1.165) is 0 Å². The highest BCUT2D eigenvalue weighted by molar-refractivity contribution is 9.11. The molecule has 2 rings (SSSR count). The minimum Gasteiger partial charge on any atom is -0.497 e. The number of nitrogens with zero attached hydrogens (tertiary/aromatic N) is 1. The number of rotatable bonds is 6. The lowest BCUT2D eigenvalue weighted by Gasteiger charge is -2.07. The molecule has 1 amide bonds. The summed E-state index contributed by atoms with van der Waals surface area (Å²) in [6.45, 7) is 3.95. The van der Waals surface area contributed by atoms with E-state index in [2.05, 4.69) is 33.0 Å². The number of carbonyl (C=O) groups excluding carboxylic acids is 1. The van der Waals surface area contributed by atoms with Crippen molar-refractivity contribution in [1.29, 1.82) is 0 Å². The Balaban J connectivity index is 2.27. The van der Waals surface area contributed by atoms with Crippen LogP contribution in [0.2, 0.25) is 0 Å². The quantitative estimate of drug-likeness (QED) is 0.850. The number of nitrogens with one attached hydrogen (secondary N) is 1. The van der Waals surface area contributed by atoms with Crippen LogP contribution in [0.3, 0.4) is 0 Å². The second kappa shape index (κ2) is 7.13. The lowest BCUT2D eigenvalue weighted by Crippen LogP contribution is -2.24. The van der Waals surface area contributed by atoms with Gasteiger partial charge in [-0.2, -0.15) is 0 Å². The maximum atomic E-state index is 11.9. The van der Waals surface area contributed by atoms with Gasteiger partial charge >= 0.3 is 0 Å². The van der Waals surface area contributed by atoms with Crippen LogP contribution in [-0.2, 0) is 0 Å². The number of ether oxygens (including phenoxy) is 2. The first kappa shape index (κ1) is 16.1. The van der Waals surface area contributed by atoms with E-state index in [9.17, 15) is 4.79 Å². The van der Waals surface area contributed by atoms with Crippen LogP contribution in [0.4, 0.5) is 0 Å². The van der Waals surface area contributed by atoms with Crippen LogP contribution in [0.5, 0.6) is 11.5 Å². The van der Waals surface area contributed by atoms with Gasteiger partial charge in [-0.05, 0) is 18.2 Å². The number of benzene rings is 1. The number of carbonyl (C=O) groups is 1. The van der Waals surface area contributed by atoms with Crippen LogP contribution >= 0.6 is 15.9 Å². The maximum absolute atomic E-state index is 11.9. The minimum absolute atomic E-state index is 0.175. The summed E-state index contributed by atoms with van der Waals surface area (Å²) < 4.78 is 16.4. The Morgan fingerprint density at radius 1 is 1.36 bits per heavy atom. The monoisotopic (exact) mass is 366 g/mol. The number of methoxy groups -OCH3 is 2. The first-order valence-corrected chi connectivity index (χ1v) is 7.15. The molecule has 6 nitrogen and oxygen atoms in total. The van der Waals surface area contributed by atoms with Crippen LogP contribution in [-0.4, -0.2) is 31.8 Å². The van der Waals surface area contributed by atoms with Crippen molar-refractivity contribution in [3.63, 3.8) is 0 Å². The second-order valence-corrected chi connectivity index (χ2v) is 5.46. The lowest BCUT2D eigenvalue weighted by molar-refractivity contribution is 0.0949. The van der Waals surface area contributed by atoms with E-state index >= 15 is 0 Å². The highest BCUT2D eigenvalue weighted by Gasteiger charge is 2.17. The molecule has 7 heteroatoms. The average molecular weight is 367 g/mol. The van der Waals surface area contributed by atoms with E-state index in [0.29, 0.717) is 33.8 Å². The standard InChI is InChI=1S/C15H15BrN2O4/c1-9(16)8-17-15(19)12-7-14(22-18-12)11-6-10(20-2)4-5-13(11)21-3/h4-7H,1,8H2,2-3H3,(H,17,19). The van der Waals surface area contributed by atoms with E-state index < -0.39 is 0 Å². The zero-order valence-corrected chi connectivity index (χ0v) is 13.8. The van der Waals surface area contributed by atoms with Gasteiger partial charge in [-0.3, -0.25) is 4.79 Å². The van der Waals surface area contributed by atoms with Crippen LogP contribution in [0, 0.1) is 0 Å². The smallest absolute Gasteiger partial charge is 0.273 e. The first-order valence-electron chi connectivity index (χ1n) is 6.35. The topological polar surface area (TPSA) is 73.6 Å². The third-order valence-electron chi connectivity index (χ3n) is 2.86. The number of aromatic nitrogens is 1. The Hall–Kier alpha value is -2.28. The molecule has 1 aromatic heterocycles. The molecule has 0 aliphatic rings. The van der Waals surface area contributed by atoms with Gasteiger partial charge in [0.25, 0.3) is 5.91 Å². The Bertz CT molecular complexity index is 697. The fourth-order valence-electron chi connectivity index (χ4n) is 1.78. The van der Waals surface area contributed by atoms with Gasteiger partial charge in [-0.1, -0.05) is 27.7 Å². The van der Waals surface area contributed by atoms with Gasteiger partial charge in [-0.15, -0.1) is 0 Å². The second-order valence-electron chi connectivity index (χ2n) is 4.34. The molecule has 0 saturated heterocycles. The summed E-state index contributed by atoms with van der Waals surface area (Å²) in [6.07, 6.45) is 0. The van der Waals surface area contributed by atoms with Crippen molar-refractivity contribution in [3.05, 3.63) is 41.0 Å². The molecule has 0 saturated carbocycles. The van der Waals surface area contributed by atoms with Gasteiger partial charge in [0.1, 0.15) is 11.5 Å². The molecule has 0 aliphatic heterocycles. The van der Waals surface area contributed by atoms with Crippen molar-refractivity contribution in [3.8, 4) is 22.8 Å². The van der Waals surface area contributed by atoms with Gasteiger partial charge in [0.2, 0.25) is 0 Å². The zero-order valence-electron chi connectivity index (χ0n) is 12.2. The summed E-state index contributed by atoms with van der Waals surface area (Å²) in [5.74, 6) is 1.31. The number of hydrogen-bond acceptors (Lipinski definition) is 5. The molecule has 1 aromatic carbocycles. The average Bonchev–Trinajstić information content (AvgIpc) is 3.01. The third kappa shape index (κ3) is 3.67. The molecule has 116 valence electrons. The van der Waals surface area contributed by atoms with Crippen molar-refractivity contribution < 1.29 is 18.8 Å². The third-order valence-corrected chi connectivity index (χ3v) is 3.14. The van der Waals surface area contributed by atoms with Crippen molar-refractivity contribution in [2.75, 3.05) is 20.8 Å². The fourth-order valence-corrected chi connectivity index (χ4v) is 1.92. The minimum atomic E-state index is -0.350. The molecule has 0 radical (unpaired) electrons. The molecular weight excluding hydrogens is 352 g/mol. The molecule has 22 heavy (non-hydrogen) atoms. The molecule has 0 atom stereocenters. The first-order chi connectivity index (χ1) is 10.5. The van der Waals surface area contributed by atoms with Gasteiger partial charge < -0.3 is 19.3 Å². The predicted octanol–water partition coefficient (Wildman–Crippen LogP) is 3.00. The molecule has 0 unspecified atom stereocenters. The SMILES string of the molecule is C=C(Br)CNC(=O)c1cc(-c2cc(OC)ccc2OC)on1. The molecule has 2 aromatic rings. The predicted molar refractivity (Wildman–Crippen MR) is 85.4 cm³/mol. The zero-order chi connectivity index (χ0) is 16.1. The number of halogens is 1. The van der Waals surface area contributed by atoms with Gasteiger partial charge in [0.15, 0.2) is 11.5 Å². The Labute approximate surface area is 136 Å². The largest absolute Gasteiger partial charge is 0.497 e. The van der Waals surface area contributed by atoms with Crippen molar-refractivity contribution >= 4 is 21.8 Å². The number of amides is 1. The number of hydrogen-bond donors (Lipinski definition) is 1. The molecule has 1 heterocycles. The summed E-state index contributed by atoms with van der Waals surface area (Å²) in [7, 11) is 3.12. The molecule has 0 aliphatic carbocycles. The molecule has 0 fully saturated rings. The summed E-state index contributed by atoms with van der Waals surface area (Å²) in [6, 6.07) is 6.82. The maximum Gasteiger partial charge on any atom is 0.273 e. The molecule has 0 spiro atoms. The van der Waals surface area contributed by atoms with E-state index in [-0.39, 0.29) is 11.6 Å². The summed E-state index contributed by atoms with van der Waals surface area (Å²) in [4.78, 5) is 11.9. The summed E-state index contributed by atoms with van der Waals surface area (Å²) in [5.41, 5.74) is 0.826. The Kier molecular flexibility index (Phi) is 5.21. The Morgan fingerprint density at radius 2 is 2.14 bits per heavy atom. The van der Waals surface area contributed by atoms with E-state index in [1.165, 1.54) is 0 Å². The lowest BCUT2D eigenvalue weighted by atomic mass is 10.1.